The summed E-state index contributed by atoms with van der Waals surface area (Å²) in [5, 5.41) is 9.10. The molecule has 1 heterocycles. The second kappa shape index (κ2) is 5.27. The number of imidazole rings is 1. The van der Waals surface area contributed by atoms with E-state index in [9.17, 15) is 4.79 Å². The number of rotatable bonds is 3. The van der Waals surface area contributed by atoms with E-state index in [1.54, 1.807) is 18.2 Å². The first-order valence-electron chi connectivity index (χ1n) is 7.31. The molecule has 3 rings (SSSR count). The fourth-order valence-electron chi connectivity index (χ4n) is 3.34. The molecule has 0 spiro atoms. The molecule has 1 N–H and O–H groups in total. The van der Waals surface area contributed by atoms with Gasteiger partial charge in [0.2, 0.25) is 0 Å². The number of aromatic nitrogens is 2. The molecule has 4 heteroatoms. The Bertz CT molecular complexity index is 632. The van der Waals surface area contributed by atoms with Crippen molar-refractivity contribution in [3.8, 4) is 0 Å². The van der Waals surface area contributed by atoms with Gasteiger partial charge in [0.05, 0.1) is 22.9 Å². The Hall–Kier alpha value is -1.84. The molecular weight excluding hydrogens is 252 g/mol. The van der Waals surface area contributed by atoms with E-state index in [-0.39, 0.29) is 0 Å². The third-order valence-electron chi connectivity index (χ3n) is 4.37. The van der Waals surface area contributed by atoms with Crippen LogP contribution in [0.3, 0.4) is 0 Å². The van der Waals surface area contributed by atoms with Crippen molar-refractivity contribution in [3.63, 3.8) is 0 Å². The highest BCUT2D eigenvalue weighted by Gasteiger charge is 2.20. The molecule has 0 saturated heterocycles. The fourth-order valence-corrected chi connectivity index (χ4v) is 3.34. The fraction of sp³-hybridized carbons (Fsp3) is 0.500. The number of carbonyl (C=O) groups is 1. The lowest BCUT2D eigenvalue weighted by Gasteiger charge is -2.27. The molecule has 0 aliphatic heterocycles. The Balaban J connectivity index is 1.87. The van der Waals surface area contributed by atoms with Crippen LogP contribution in [0.5, 0.6) is 0 Å². The van der Waals surface area contributed by atoms with Crippen molar-refractivity contribution >= 4 is 17.0 Å². The summed E-state index contributed by atoms with van der Waals surface area (Å²) in [6.07, 6.45) is 7.01. The highest BCUT2D eigenvalue weighted by molar-refractivity contribution is 5.92. The summed E-state index contributed by atoms with van der Waals surface area (Å²) in [7, 11) is 0. The van der Waals surface area contributed by atoms with Crippen molar-refractivity contribution in [1.82, 2.24) is 9.55 Å². The van der Waals surface area contributed by atoms with Crippen LogP contribution in [-0.4, -0.2) is 20.6 Å². The first-order valence-corrected chi connectivity index (χ1v) is 7.31. The Morgan fingerprint density at radius 3 is 3.05 bits per heavy atom. The molecule has 106 valence electrons. The lowest BCUT2D eigenvalue weighted by molar-refractivity contribution is 0.0697. The molecular formula is C16H20N2O2. The van der Waals surface area contributed by atoms with Gasteiger partial charge in [-0.05, 0) is 42.9 Å². The third-order valence-corrected chi connectivity index (χ3v) is 4.37. The van der Waals surface area contributed by atoms with Crippen LogP contribution in [0.4, 0.5) is 0 Å². The van der Waals surface area contributed by atoms with Crippen molar-refractivity contribution in [2.24, 2.45) is 11.8 Å². The van der Waals surface area contributed by atoms with Crippen molar-refractivity contribution in [1.29, 1.82) is 0 Å². The van der Waals surface area contributed by atoms with E-state index in [2.05, 4.69) is 16.5 Å². The summed E-state index contributed by atoms with van der Waals surface area (Å²) >= 11 is 0. The second-order valence-corrected chi connectivity index (χ2v) is 6.04. The zero-order valence-electron chi connectivity index (χ0n) is 11.7. The largest absolute Gasteiger partial charge is 0.478 e. The molecule has 1 saturated carbocycles. The summed E-state index contributed by atoms with van der Waals surface area (Å²) in [6.45, 7) is 3.27. The summed E-state index contributed by atoms with van der Waals surface area (Å²) in [5.41, 5.74) is 2.14. The van der Waals surface area contributed by atoms with E-state index in [0.717, 1.165) is 23.5 Å². The first-order chi connectivity index (χ1) is 9.63. The van der Waals surface area contributed by atoms with Crippen LogP contribution in [0.1, 0.15) is 43.0 Å². The van der Waals surface area contributed by atoms with Gasteiger partial charge in [-0.1, -0.05) is 19.8 Å². The average molecular weight is 272 g/mol. The molecule has 4 nitrogen and oxygen atoms in total. The van der Waals surface area contributed by atoms with Gasteiger partial charge in [0.15, 0.2) is 0 Å². The van der Waals surface area contributed by atoms with Gasteiger partial charge in [0.25, 0.3) is 0 Å². The maximum Gasteiger partial charge on any atom is 0.335 e. The van der Waals surface area contributed by atoms with Crippen molar-refractivity contribution < 1.29 is 9.90 Å². The molecule has 1 fully saturated rings. The summed E-state index contributed by atoms with van der Waals surface area (Å²) in [4.78, 5) is 15.5. The van der Waals surface area contributed by atoms with Crippen LogP contribution in [0.2, 0.25) is 0 Å². The molecule has 1 aliphatic carbocycles. The number of hydrogen-bond donors (Lipinski definition) is 1. The number of hydrogen-bond acceptors (Lipinski definition) is 2. The predicted octanol–water partition coefficient (Wildman–Crippen LogP) is 3.56. The zero-order valence-corrected chi connectivity index (χ0v) is 11.7. The first kappa shape index (κ1) is 13.2. The Morgan fingerprint density at radius 1 is 1.45 bits per heavy atom. The molecule has 0 radical (unpaired) electrons. The van der Waals surface area contributed by atoms with E-state index in [4.69, 9.17) is 5.11 Å². The molecule has 2 aromatic rings. The monoisotopic (exact) mass is 272 g/mol. The van der Waals surface area contributed by atoms with Crippen LogP contribution in [0.15, 0.2) is 24.5 Å². The third kappa shape index (κ3) is 2.55. The van der Waals surface area contributed by atoms with Crippen LogP contribution in [0.25, 0.3) is 11.0 Å². The molecule has 0 amide bonds. The summed E-state index contributed by atoms with van der Waals surface area (Å²) in [5.74, 6) is 0.605. The Kier molecular flexibility index (Phi) is 3.47. The molecule has 2 atom stereocenters. The predicted molar refractivity (Wildman–Crippen MR) is 77.8 cm³/mol. The minimum absolute atomic E-state index is 0.330. The lowest BCUT2D eigenvalue weighted by Crippen LogP contribution is -2.18. The van der Waals surface area contributed by atoms with Gasteiger partial charge in [-0.25, -0.2) is 9.78 Å². The smallest absolute Gasteiger partial charge is 0.335 e. The van der Waals surface area contributed by atoms with E-state index < -0.39 is 5.97 Å². The zero-order chi connectivity index (χ0) is 14.1. The SMILES string of the molecule is CC1CCCC(Cn2cnc3ccc(C(=O)O)cc32)C1. The van der Waals surface area contributed by atoms with Crippen molar-refractivity contribution in [2.45, 2.75) is 39.2 Å². The van der Waals surface area contributed by atoms with Crippen LogP contribution < -0.4 is 0 Å². The van der Waals surface area contributed by atoms with Crippen molar-refractivity contribution in [3.05, 3.63) is 30.1 Å². The molecule has 2 unspecified atom stereocenters. The highest BCUT2D eigenvalue weighted by atomic mass is 16.4. The molecule has 1 aliphatic rings. The molecule has 1 aromatic heterocycles. The van der Waals surface area contributed by atoms with Gasteiger partial charge in [-0.15, -0.1) is 0 Å². The number of fused-ring (bicyclic) bond motifs is 1. The molecule has 20 heavy (non-hydrogen) atoms. The number of nitrogens with zero attached hydrogens (tertiary/aromatic N) is 2. The van der Waals surface area contributed by atoms with Crippen LogP contribution in [0, 0.1) is 11.8 Å². The van der Waals surface area contributed by atoms with E-state index in [1.807, 2.05) is 6.33 Å². The average Bonchev–Trinajstić information content (AvgIpc) is 2.81. The van der Waals surface area contributed by atoms with Gasteiger partial charge >= 0.3 is 5.97 Å². The number of aromatic carboxylic acids is 1. The summed E-state index contributed by atoms with van der Waals surface area (Å²) < 4.78 is 2.12. The van der Waals surface area contributed by atoms with Crippen LogP contribution in [-0.2, 0) is 6.54 Å². The lowest BCUT2D eigenvalue weighted by atomic mass is 9.82. The number of benzene rings is 1. The molecule has 0 bridgehead atoms. The Morgan fingerprint density at radius 2 is 2.30 bits per heavy atom. The Labute approximate surface area is 118 Å². The minimum Gasteiger partial charge on any atom is -0.478 e. The van der Waals surface area contributed by atoms with E-state index in [1.165, 1.54) is 25.7 Å². The number of carboxylic acids is 1. The maximum absolute atomic E-state index is 11.1. The molecule has 1 aromatic carbocycles. The minimum atomic E-state index is -0.883. The summed E-state index contributed by atoms with van der Waals surface area (Å²) in [6, 6.07) is 5.14. The maximum atomic E-state index is 11.1. The van der Waals surface area contributed by atoms with Gasteiger partial charge in [-0.2, -0.15) is 0 Å². The van der Waals surface area contributed by atoms with Crippen LogP contribution >= 0.6 is 0 Å². The quantitative estimate of drug-likeness (QED) is 0.929. The van der Waals surface area contributed by atoms with Gasteiger partial charge in [0.1, 0.15) is 0 Å². The van der Waals surface area contributed by atoms with Gasteiger partial charge in [-0.3, -0.25) is 0 Å². The standard InChI is InChI=1S/C16H20N2O2/c1-11-3-2-4-12(7-11)9-18-10-17-14-6-5-13(16(19)20)8-15(14)18/h5-6,8,10-12H,2-4,7,9H2,1H3,(H,19,20). The highest BCUT2D eigenvalue weighted by Crippen LogP contribution is 2.30. The van der Waals surface area contributed by atoms with Gasteiger partial charge in [0, 0.05) is 6.54 Å². The number of carboxylic acid groups (broad SMARTS) is 1. The van der Waals surface area contributed by atoms with E-state index >= 15 is 0 Å². The van der Waals surface area contributed by atoms with Gasteiger partial charge < -0.3 is 9.67 Å². The van der Waals surface area contributed by atoms with E-state index in [0.29, 0.717) is 11.5 Å². The second-order valence-electron chi connectivity index (χ2n) is 6.04. The topological polar surface area (TPSA) is 55.1 Å². The van der Waals surface area contributed by atoms with Crippen molar-refractivity contribution in [2.75, 3.05) is 0 Å². The normalized spacial score (nSPS) is 23.1.